The fourth-order valence-electron chi connectivity index (χ4n) is 5.72. The Bertz CT molecular complexity index is 446. The van der Waals surface area contributed by atoms with Gasteiger partial charge in [0, 0.05) is 25.5 Å². The summed E-state index contributed by atoms with van der Waals surface area (Å²) in [6.45, 7) is 9.41. The van der Waals surface area contributed by atoms with Crippen LogP contribution in [0.2, 0.25) is 0 Å². The van der Waals surface area contributed by atoms with Gasteiger partial charge in [-0.1, -0.05) is 156 Å². The summed E-state index contributed by atoms with van der Waals surface area (Å²) in [6, 6.07) is 0. The Labute approximate surface area is 222 Å². The number of hydrogen-bond donors (Lipinski definition) is 0. The summed E-state index contributed by atoms with van der Waals surface area (Å²) in [4.78, 5) is 5.29. The van der Waals surface area contributed by atoms with Crippen molar-refractivity contribution in [3.05, 3.63) is 12.4 Å². The second-order valence-corrected chi connectivity index (χ2v) is 11.5. The third-order valence-electron chi connectivity index (χ3n) is 8.03. The molecule has 1 atom stereocenters. The van der Waals surface area contributed by atoms with E-state index in [0.717, 1.165) is 0 Å². The summed E-state index contributed by atoms with van der Waals surface area (Å²) in [5.41, 5.74) is 0. The van der Waals surface area contributed by atoms with Crippen LogP contribution in [0.1, 0.15) is 181 Å². The molecule has 1 heterocycles. The van der Waals surface area contributed by atoms with E-state index in [1.807, 2.05) is 0 Å². The molecule has 0 saturated heterocycles. The molecule has 208 valence electrons. The molecule has 0 aromatic rings. The van der Waals surface area contributed by atoms with Crippen LogP contribution in [-0.4, -0.2) is 29.1 Å². The maximum atomic E-state index is 2.67. The summed E-state index contributed by atoms with van der Waals surface area (Å²) in [7, 11) is 0. The Morgan fingerprint density at radius 1 is 0.371 bits per heavy atom. The zero-order valence-corrected chi connectivity index (χ0v) is 24.7. The molecule has 2 nitrogen and oxygen atoms in total. The van der Waals surface area contributed by atoms with Crippen molar-refractivity contribution in [2.75, 3.05) is 13.1 Å². The van der Waals surface area contributed by atoms with E-state index in [1.54, 1.807) is 0 Å². The lowest BCUT2D eigenvalue weighted by atomic mass is 10.0. The highest BCUT2D eigenvalue weighted by atomic mass is 15.4. The van der Waals surface area contributed by atoms with Gasteiger partial charge < -0.3 is 9.80 Å². The zero-order valence-electron chi connectivity index (χ0n) is 24.7. The van der Waals surface area contributed by atoms with Crippen molar-refractivity contribution < 1.29 is 0 Å². The SMILES string of the molecule is CCCCCCCCCCCCCCN1C=CN(CCC)C1CCCCCCCCCCCCC. The van der Waals surface area contributed by atoms with Gasteiger partial charge >= 0.3 is 0 Å². The van der Waals surface area contributed by atoms with Gasteiger partial charge in [0.25, 0.3) is 0 Å². The Balaban J connectivity index is 2.04. The summed E-state index contributed by atoms with van der Waals surface area (Å²) < 4.78 is 0. The van der Waals surface area contributed by atoms with Gasteiger partial charge in [0.15, 0.2) is 0 Å². The normalized spacial score (nSPS) is 15.6. The van der Waals surface area contributed by atoms with Crippen LogP contribution in [0.5, 0.6) is 0 Å². The first kappa shape index (κ1) is 32.4. The molecule has 0 fully saturated rings. The van der Waals surface area contributed by atoms with Crippen LogP contribution in [0.25, 0.3) is 0 Å². The Morgan fingerprint density at radius 2 is 0.714 bits per heavy atom. The molecule has 0 aromatic heterocycles. The standard InChI is InChI=1S/C33H66N2/c1-4-7-9-11-13-15-17-19-21-23-25-27-30-35-32-31-34(29-6-3)33(35)28-26-24-22-20-18-16-14-12-10-8-5-2/h31-33H,4-30H2,1-3H3. The molecular weight excluding hydrogens is 424 g/mol. The van der Waals surface area contributed by atoms with E-state index in [0.29, 0.717) is 6.17 Å². The quantitative estimate of drug-likeness (QED) is 0.106. The van der Waals surface area contributed by atoms with Crippen molar-refractivity contribution in [1.82, 2.24) is 9.80 Å². The van der Waals surface area contributed by atoms with Crippen LogP contribution < -0.4 is 0 Å². The van der Waals surface area contributed by atoms with Crippen molar-refractivity contribution >= 4 is 0 Å². The summed E-state index contributed by atoms with van der Waals surface area (Å²) in [5, 5.41) is 0. The van der Waals surface area contributed by atoms with E-state index < -0.39 is 0 Å². The number of hydrogen-bond acceptors (Lipinski definition) is 2. The summed E-state index contributed by atoms with van der Waals surface area (Å²) in [5.74, 6) is 0. The lowest BCUT2D eigenvalue weighted by Gasteiger charge is -2.33. The monoisotopic (exact) mass is 491 g/mol. The maximum Gasteiger partial charge on any atom is 0.101 e. The van der Waals surface area contributed by atoms with Gasteiger partial charge in [0.2, 0.25) is 0 Å². The number of rotatable bonds is 27. The van der Waals surface area contributed by atoms with E-state index in [1.165, 1.54) is 174 Å². The molecule has 35 heavy (non-hydrogen) atoms. The fraction of sp³-hybridized carbons (Fsp3) is 0.939. The fourth-order valence-corrected chi connectivity index (χ4v) is 5.72. The first-order valence-corrected chi connectivity index (χ1v) is 16.5. The summed E-state index contributed by atoms with van der Waals surface area (Å²) >= 11 is 0. The van der Waals surface area contributed by atoms with E-state index in [-0.39, 0.29) is 0 Å². The van der Waals surface area contributed by atoms with Crippen molar-refractivity contribution in [1.29, 1.82) is 0 Å². The van der Waals surface area contributed by atoms with Gasteiger partial charge in [-0.05, 0) is 25.7 Å². The predicted molar refractivity (Wildman–Crippen MR) is 159 cm³/mol. The van der Waals surface area contributed by atoms with Crippen LogP contribution in [0.3, 0.4) is 0 Å². The maximum absolute atomic E-state index is 2.67. The molecule has 0 aromatic carbocycles. The third kappa shape index (κ3) is 18.3. The van der Waals surface area contributed by atoms with Crippen molar-refractivity contribution in [2.45, 2.75) is 187 Å². The first-order chi connectivity index (χ1) is 17.3. The van der Waals surface area contributed by atoms with E-state index in [2.05, 4.69) is 43.0 Å². The van der Waals surface area contributed by atoms with Crippen LogP contribution in [0.15, 0.2) is 12.4 Å². The van der Waals surface area contributed by atoms with Crippen LogP contribution in [0, 0.1) is 0 Å². The highest BCUT2D eigenvalue weighted by molar-refractivity contribution is 4.96. The first-order valence-electron chi connectivity index (χ1n) is 16.5. The molecule has 0 radical (unpaired) electrons. The Hall–Kier alpha value is -0.660. The molecule has 1 unspecified atom stereocenters. The lowest BCUT2D eigenvalue weighted by molar-refractivity contribution is 0.137. The van der Waals surface area contributed by atoms with Gasteiger partial charge in [0.1, 0.15) is 6.17 Å². The highest BCUT2D eigenvalue weighted by Crippen LogP contribution is 2.23. The van der Waals surface area contributed by atoms with E-state index in [4.69, 9.17) is 0 Å². The second kappa shape index (κ2) is 25.0. The topological polar surface area (TPSA) is 6.48 Å². The van der Waals surface area contributed by atoms with Crippen molar-refractivity contribution in [2.24, 2.45) is 0 Å². The molecule has 0 amide bonds. The largest absolute Gasteiger partial charge is 0.356 e. The number of nitrogens with zero attached hydrogens (tertiary/aromatic N) is 2. The molecule has 0 spiro atoms. The molecule has 2 heteroatoms. The molecule has 1 aliphatic rings. The molecule has 0 N–H and O–H groups in total. The van der Waals surface area contributed by atoms with Crippen molar-refractivity contribution in [3.63, 3.8) is 0 Å². The predicted octanol–water partition coefficient (Wildman–Crippen LogP) is 11.2. The second-order valence-electron chi connectivity index (χ2n) is 11.5. The van der Waals surface area contributed by atoms with Gasteiger partial charge in [0.05, 0.1) is 0 Å². The molecule has 0 saturated carbocycles. The average molecular weight is 491 g/mol. The van der Waals surface area contributed by atoms with E-state index in [9.17, 15) is 0 Å². The van der Waals surface area contributed by atoms with Crippen LogP contribution in [-0.2, 0) is 0 Å². The Morgan fingerprint density at radius 3 is 1.11 bits per heavy atom. The minimum absolute atomic E-state index is 0.640. The summed E-state index contributed by atoms with van der Waals surface area (Å²) in [6.07, 6.45) is 41.1. The average Bonchev–Trinajstić information content (AvgIpc) is 3.24. The van der Waals surface area contributed by atoms with Gasteiger partial charge in [-0.25, -0.2) is 0 Å². The van der Waals surface area contributed by atoms with E-state index >= 15 is 0 Å². The minimum Gasteiger partial charge on any atom is -0.356 e. The molecule has 1 aliphatic heterocycles. The highest BCUT2D eigenvalue weighted by Gasteiger charge is 2.24. The molecule has 1 rings (SSSR count). The number of unbranched alkanes of at least 4 members (excludes halogenated alkanes) is 21. The molecule has 0 bridgehead atoms. The van der Waals surface area contributed by atoms with Gasteiger partial charge in [-0.2, -0.15) is 0 Å². The third-order valence-corrected chi connectivity index (χ3v) is 8.03. The van der Waals surface area contributed by atoms with Crippen LogP contribution in [0.4, 0.5) is 0 Å². The lowest BCUT2D eigenvalue weighted by Crippen LogP contribution is -2.39. The van der Waals surface area contributed by atoms with Crippen LogP contribution >= 0.6 is 0 Å². The van der Waals surface area contributed by atoms with Gasteiger partial charge in [-0.3, -0.25) is 0 Å². The zero-order chi connectivity index (χ0) is 25.2. The molecular formula is C33H66N2. The minimum atomic E-state index is 0.640. The smallest absolute Gasteiger partial charge is 0.101 e. The van der Waals surface area contributed by atoms with Gasteiger partial charge in [-0.15, -0.1) is 0 Å². The van der Waals surface area contributed by atoms with Crippen molar-refractivity contribution in [3.8, 4) is 0 Å². The Kier molecular flexibility index (Phi) is 23.1. The molecule has 0 aliphatic carbocycles.